The first-order valence-electron chi connectivity index (χ1n) is 10.5. The molecule has 1 saturated heterocycles. The SMILES string of the molecule is Cl.O=C(NN1CCCCC1)c1c[nH]c2c(-c3cc(F)ccc3OCC3CC3)ncnc12. The summed E-state index contributed by atoms with van der Waals surface area (Å²) in [4.78, 5) is 24.6. The molecule has 0 spiro atoms. The Balaban J connectivity index is 0.00000231. The van der Waals surface area contributed by atoms with E-state index < -0.39 is 0 Å². The molecule has 31 heavy (non-hydrogen) atoms. The van der Waals surface area contributed by atoms with Crippen LogP contribution >= 0.6 is 12.4 Å². The molecule has 0 unspecified atom stereocenters. The van der Waals surface area contributed by atoms with Crippen molar-refractivity contribution in [1.82, 2.24) is 25.4 Å². The standard InChI is InChI=1S/C22H24FN5O2.ClH/c23-15-6-7-18(30-12-14-4-5-14)16(10-15)19-21-20(26-13-25-19)17(11-24-21)22(29)27-28-8-2-1-3-9-28;/h6-7,10-11,13-14,24H,1-5,8-9,12H2,(H,27,29);1H. The summed E-state index contributed by atoms with van der Waals surface area (Å²) in [6, 6.07) is 4.43. The molecule has 0 atom stereocenters. The molecule has 2 aromatic heterocycles. The summed E-state index contributed by atoms with van der Waals surface area (Å²) in [6.45, 7) is 2.31. The molecule has 1 amide bonds. The van der Waals surface area contributed by atoms with Gasteiger partial charge in [0.25, 0.3) is 5.91 Å². The number of ether oxygens (including phenoxy) is 1. The monoisotopic (exact) mass is 445 g/mol. The van der Waals surface area contributed by atoms with Crippen LogP contribution in [0.4, 0.5) is 4.39 Å². The van der Waals surface area contributed by atoms with Crippen molar-refractivity contribution < 1.29 is 13.9 Å². The second-order valence-corrected chi connectivity index (χ2v) is 8.03. The molecule has 2 fully saturated rings. The molecule has 1 aromatic carbocycles. The third kappa shape index (κ3) is 4.65. The number of aromatic amines is 1. The third-order valence-corrected chi connectivity index (χ3v) is 5.69. The molecule has 1 aliphatic carbocycles. The largest absolute Gasteiger partial charge is 0.493 e. The van der Waals surface area contributed by atoms with Gasteiger partial charge in [-0.05, 0) is 49.8 Å². The fourth-order valence-electron chi connectivity index (χ4n) is 3.83. The Morgan fingerprint density at radius 2 is 2.03 bits per heavy atom. The second kappa shape index (κ2) is 9.20. The van der Waals surface area contributed by atoms with Crippen LogP contribution in [0.2, 0.25) is 0 Å². The smallest absolute Gasteiger partial charge is 0.269 e. The maximum Gasteiger partial charge on any atom is 0.269 e. The Kier molecular flexibility index (Phi) is 6.38. The van der Waals surface area contributed by atoms with Crippen molar-refractivity contribution in [1.29, 1.82) is 0 Å². The first-order valence-corrected chi connectivity index (χ1v) is 10.5. The van der Waals surface area contributed by atoms with Crippen molar-refractivity contribution in [3.8, 4) is 17.0 Å². The summed E-state index contributed by atoms with van der Waals surface area (Å²) in [7, 11) is 0. The number of piperidine rings is 1. The molecule has 3 aromatic rings. The summed E-state index contributed by atoms with van der Waals surface area (Å²) < 4.78 is 20.0. The number of fused-ring (bicyclic) bond motifs is 1. The van der Waals surface area contributed by atoms with Crippen LogP contribution in [0, 0.1) is 11.7 Å². The first kappa shape index (κ1) is 21.5. The van der Waals surface area contributed by atoms with Gasteiger partial charge in [0, 0.05) is 24.8 Å². The molecule has 2 N–H and O–H groups in total. The zero-order chi connectivity index (χ0) is 20.5. The zero-order valence-electron chi connectivity index (χ0n) is 17.1. The molecule has 2 aliphatic rings. The maximum absolute atomic E-state index is 14.1. The van der Waals surface area contributed by atoms with E-state index in [9.17, 15) is 9.18 Å². The van der Waals surface area contributed by atoms with Crippen molar-refractivity contribution >= 4 is 29.3 Å². The van der Waals surface area contributed by atoms with Crippen LogP contribution in [0.15, 0.2) is 30.7 Å². The van der Waals surface area contributed by atoms with E-state index >= 15 is 0 Å². The molecule has 1 saturated carbocycles. The topological polar surface area (TPSA) is 83.1 Å². The van der Waals surface area contributed by atoms with Crippen molar-refractivity contribution in [2.75, 3.05) is 19.7 Å². The predicted molar refractivity (Wildman–Crippen MR) is 118 cm³/mol. The van der Waals surface area contributed by atoms with Crippen molar-refractivity contribution in [3.63, 3.8) is 0 Å². The minimum Gasteiger partial charge on any atom is -0.493 e. The second-order valence-electron chi connectivity index (χ2n) is 8.03. The lowest BCUT2D eigenvalue weighted by Crippen LogP contribution is -2.45. The van der Waals surface area contributed by atoms with Crippen molar-refractivity contribution in [2.45, 2.75) is 32.1 Å². The number of aromatic nitrogens is 3. The minimum atomic E-state index is -0.370. The fourth-order valence-corrected chi connectivity index (χ4v) is 3.83. The van der Waals surface area contributed by atoms with Crippen LogP contribution in [-0.4, -0.2) is 45.6 Å². The molecule has 164 valence electrons. The molecule has 1 aliphatic heterocycles. The normalized spacial score (nSPS) is 16.7. The van der Waals surface area contributed by atoms with E-state index in [1.165, 1.54) is 37.7 Å². The van der Waals surface area contributed by atoms with E-state index in [4.69, 9.17) is 4.74 Å². The Morgan fingerprint density at radius 3 is 2.81 bits per heavy atom. The quantitative estimate of drug-likeness (QED) is 0.596. The Morgan fingerprint density at radius 1 is 1.23 bits per heavy atom. The number of carbonyl (C=O) groups is 1. The van der Waals surface area contributed by atoms with Crippen LogP contribution in [0.25, 0.3) is 22.3 Å². The maximum atomic E-state index is 14.1. The first-order chi connectivity index (χ1) is 14.7. The number of hydrogen-bond acceptors (Lipinski definition) is 5. The number of nitrogens with one attached hydrogen (secondary N) is 2. The van der Waals surface area contributed by atoms with E-state index in [1.54, 1.807) is 12.3 Å². The highest BCUT2D eigenvalue weighted by atomic mass is 35.5. The number of H-pyrrole nitrogens is 1. The zero-order valence-corrected chi connectivity index (χ0v) is 17.9. The number of benzene rings is 1. The summed E-state index contributed by atoms with van der Waals surface area (Å²) in [6.07, 6.45) is 8.70. The number of carbonyl (C=O) groups excluding carboxylic acids is 1. The molecular formula is C22H25ClFN5O2. The molecule has 7 nitrogen and oxygen atoms in total. The van der Waals surface area contributed by atoms with Crippen LogP contribution in [-0.2, 0) is 0 Å². The number of hydrogen-bond donors (Lipinski definition) is 2. The summed E-state index contributed by atoms with van der Waals surface area (Å²) in [5, 5.41) is 1.95. The summed E-state index contributed by atoms with van der Waals surface area (Å²) in [5.74, 6) is 0.573. The highest BCUT2D eigenvalue weighted by Crippen LogP contribution is 2.36. The third-order valence-electron chi connectivity index (χ3n) is 5.69. The molecule has 9 heteroatoms. The van der Waals surface area contributed by atoms with Crippen LogP contribution in [0.3, 0.4) is 0 Å². The van der Waals surface area contributed by atoms with Gasteiger partial charge in [0.1, 0.15) is 29.1 Å². The van der Waals surface area contributed by atoms with Crippen molar-refractivity contribution in [3.05, 3.63) is 42.1 Å². The lowest BCUT2D eigenvalue weighted by Gasteiger charge is -2.26. The molecule has 5 rings (SSSR count). The number of nitrogens with zero attached hydrogens (tertiary/aromatic N) is 3. The van der Waals surface area contributed by atoms with Gasteiger partial charge in [-0.2, -0.15) is 0 Å². The van der Waals surface area contributed by atoms with Gasteiger partial charge in [-0.25, -0.2) is 19.4 Å². The summed E-state index contributed by atoms with van der Waals surface area (Å²) >= 11 is 0. The van der Waals surface area contributed by atoms with E-state index in [0.717, 1.165) is 25.9 Å². The Bertz CT molecular complexity index is 1080. The van der Waals surface area contributed by atoms with Gasteiger partial charge in [0.15, 0.2) is 0 Å². The average molecular weight is 446 g/mol. The fraction of sp³-hybridized carbons (Fsp3) is 0.409. The number of hydrazine groups is 1. The summed E-state index contributed by atoms with van der Waals surface area (Å²) in [5.41, 5.74) is 5.56. The van der Waals surface area contributed by atoms with Gasteiger partial charge in [0.05, 0.1) is 17.7 Å². The number of amides is 1. The highest BCUT2D eigenvalue weighted by Gasteiger charge is 2.24. The Hall–Kier alpha value is -2.71. The van der Waals surface area contributed by atoms with Crippen LogP contribution in [0.1, 0.15) is 42.5 Å². The number of halogens is 2. The van der Waals surface area contributed by atoms with Crippen molar-refractivity contribution in [2.24, 2.45) is 5.92 Å². The molecular weight excluding hydrogens is 421 g/mol. The molecule has 0 bridgehead atoms. The molecule has 0 radical (unpaired) electrons. The average Bonchev–Trinajstić information content (AvgIpc) is 3.49. The van der Waals surface area contributed by atoms with E-state index in [2.05, 4.69) is 20.4 Å². The van der Waals surface area contributed by atoms with Gasteiger partial charge in [-0.3, -0.25) is 10.2 Å². The molecule has 3 heterocycles. The van der Waals surface area contributed by atoms with Gasteiger partial charge >= 0.3 is 0 Å². The van der Waals surface area contributed by atoms with Gasteiger partial charge < -0.3 is 9.72 Å². The van der Waals surface area contributed by atoms with Crippen LogP contribution < -0.4 is 10.2 Å². The van der Waals surface area contributed by atoms with E-state index in [0.29, 0.717) is 46.1 Å². The number of rotatable bonds is 6. The Labute approximate surface area is 185 Å². The van der Waals surface area contributed by atoms with E-state index in [1.807, 2.05) is 5.01 Å². The van der Waals surface area contributed by atoms with E-state index in [-0.39, 0.29) is 24.1 Å². The lowest BCUT2D eigenvalue weighted by molar-refractivity contribution is 0.0751. The lowest BCUT2D eigenvalue weighted by atomic mass is 10.1. The predicted octanol–water partition coefficient (Wildman–Crippen LogP) is 4.11. The van der Waals surface area contributed by atoms with Gasteiger partial charge in [0.2, 0.25) is 0 Å². The van der Waals surface area contributed by atoms with Gasteiger partial charge in [-0.1, -0.05) is 6.42 Å². The highest BCUT2D eigenvalue weighted by molar-refractivity contribution is 6.07. The van der Waals surface area contributed by atoms with Gasteiger partial charge in [-0.15, -0.1) is 12.4 Å². The minimum absolute atomic E-state index is 0. The van der Waals surface area contributed by atoms with Crippen LogP contribution in [0.5, 0.6) is 5.75 Å².